The fourth-order valence-corrected chi connectivity index (χ4v) is 4.30. The van der Waals surface area contributed by atoms with Crippen LogP contribution < -0.4 is 4.72 Å². The maximum Gasteiger partial charge on any atom is 0.239 e. The average Bonchev–Trinajstić information content (AvgIpc) is 3.04. The molecule has 1 aliphatic heterocycles. The first-order valence-electron chi connectivity index (χ1n) is 7.51. The van der Waals surface area contributed by atoms with E-state index in [2.05, 4.69) is 20.9 Å². The van der Waals surface area contributed by atoms with Gasteiger partial charge >= 0.3 is 0 Å². The van der Waals surface area contributed by atoms with E-state index in [1.807, 2.05) is 4.72 Å². The molecular formula is C15H14BrF2N3O3S2. The molecule has 2 heterocycles. The molecule has 1 aliphatic rings. The van der Waals surface area contributed by atoms with E-state index >= 15 is 0 Å². The molecule has 2 aromatic rings. The minimum Gasteiger partial charge on any atom is -0.334 e. The standard InChI is InChI=1S/C15H14BrF2N3O3S2/c1-26(23,24)20-12(22)5-10-11-4-7(6-21(11)15(25)19-10)13-9(17)3-2-8(16)14(13)18/h2-3,7H,4-6H2,1H3,(H,19,25)(H,20,22)/t7-/m1/s1. The molecule has 140 valence electrons. The number of nitrogens with one attached hydrogen (secondary N) is 2. The quantitative estimate of drug-likeness (QED) is 0.536. The van der Waals surface area contributed by atoms with Crippen LogP contribution in [0.5, 0.6) is 0 Å². The normalized spacial score (nSPS) is 16.5. The zero-order valence-corrected chi connectivity index (χ0v) is 16.7. The highest BCUT2D eigenvalue weighted by Crippen LogP contribution is 2.36. The van der Waals surface area contributed by atoms with Crippen LogP contribution in [-0.2, 0) is 34.2 Å². The van der Waals surface area contributed by atoms with Crippen molar-refractivity contribution in [2.75, 3.05) is 6.26 Å². The van der Waals surface area contributed by atoms with Crippen LogP contribution in [-0.4, -0.2) is 30.1 Å². The number of rotatable bonds is 4. The predicted octanol–water partition coefficient (Wildman–Crippen LogP) is 2.54. The maximum absolute atomic E-state index is 14.4. The van der Waals surface area contributed by atoms with E-state index in [1.165, 1.54) is 12.1 Å². The molecule has 0 unspecified atom stereocenters. The smallest absolute Gasteiger partial charge is 0.239 e. The number of amides is 1. The van der Waals surface area contributed by atoms with Crippen molar-refractivity contribution in [3.05, 3.63) is 50.0 Å². The van der Waals surface area contributed by atoms with Crippen LogP contribution in [0, 0.1) is 16.4 Å². The van der Waals surface area contributed by atoms with E-state index in [9.17, 15) is 22.0 Å². The number of benzene rings is 1. The molecule has 1 atom stereocenters. The van der Waals surface area contributed by atoms with E-state index in [0.717, 1.165) is 6.26 Å². The van der Waals surface area contributed by atoms with Gasteiger partial charge in [-0.1, -0.05) is 0 Å². The number of carbonyl (C=O) groups is 1. The molecule has 0 saturated heterocycles. The first-order chi connectivity index (χ1) is 12.1. The molecule has 3 rings (SSSR count). The van der Waals surface area contributed by atoms with Crippen molar-refractivity contribution in [1.29, 1.82) is 0 Å². The second-order valence-electron chi connectivity index (χ2n) is 6.10. The Balaban J connectivity index is 1.90. The predicted molar refractivity (Wildman–Crippen MR) is 96.8 cm³/mol. The number of sulfonamides is 1. The number of hydrogen-bond acceptors (Lipinski definition) is 4. The van der Waals surface area contributed by atoms with Gasteiger partial charge in [-0.05, 0) is 46.7 Å². The zero-order valence-electron chi connectivity index (χ0n) is 13.5. The van der Waals surface area contributed by atoms with Crippen LogP contribution in [0.25, 0.3) is 0 Å². The molecule has 1 amide bonds. The van der Waals surface area contributed by atoms with Crippen molar-refractivity contribution < 1.29 is 22.0 Å². The highest BCUT2D eigenvalue weighted by Gasteiger charge is 2.32. The molecule has 0 saturated carbocycles. The van der Waals surface area contributed by atoms with E-state index in [1.54, 1.807) is 4.57 Å². The van der Waals surface area contributed by atoms with Crippen LogP contribution >= 0.6 is 28.1 Å². The Bertz CT molecular complexity index is 1060. The number of imidazole rings is 1. The van der Waals surface area contributed by atoms with Gasteiger partial charge in [0, 0.05) is 29.4 Å². The Morgan fingerprint density at radius 1 is 1.46 bits per heavy atom. The fourth-order valence-electron chi connectivity index (χ4n) is 3.16. The Hall–Kier alpha value is -1.59. The van der Waals surface area contributed by atoms with Crippen LogP contribution in [0.4, 0.5) is 8.78 Å². The molecule has 6 nitrogen and oxygen atoms in total. The molecule has 0 aliphatic carbocycles. The second kappa shape index (κ2) is 6.86. The molecule has 11 heteroatoms. The first kappa shape index (κ1) is 19.2. The van der Waals surface area contributed by atoms with Gasteiger partial charge in [0.05, 0.1) is 17.1 Å². The minimum absolute atomic E-state index is 0.0380. The molecule has 26 heavy (non-hydrogen) atoms. The third kappa shape index (κ3) is 3.74. The van der Waals surface area contributed by atoms with Gasteiger partial charge in [-0.3, -0.25) is 9.52 Å². The van der Waals surface area contributed by atoms with Gasteiger partial charge in [-0.2, -0.15) is 0 Å². The fraction of sp³-hybridized carbons (Fsp3) is 0.333. The summed E-state index contributed by atoms with van der Waals surface area (Å²) >= 11 is 8.27. The van der Waals surface area contributed by atoms with Gasteiger partial charge in [0.2, 0.25) is 15.9 Å². The molecule has 0 bridgehead atoms. The summed E-state index contributed by atoms with van der Waals surface area (Å²) in [5.41, 5.74) is 1.04. The monoisotopic (exact) mass is 465 g/mol. The minimum atomic E-state index is -3.67. The number of carbonyl (C=O) groups excluding carboxylic acids is 1. The third-order valence-electron chi connectivity index (χ3n) is 4.14. The molecule has 0 spiro atoms. The first-order valence-corrected chi connectivity index (χ1v) is 10.6. The summed E-state index contributed by atoms with van der Waals surface area (Å²) in [7, 11) is -3.67. The molecule has 0 fully saturated rings. The van der Waals surface area contributed by atoms with E-state index < -0.39 is 33.5 Å². The zero-order chi connectivity index (χ0) is 19.2. The van der Waals surface area contributed by atoms with Crippen LogP contribution in [0.15, 0.2) is 16.6 Å². The van der Waals surface area contributed by atoms with Crippen molar-refractivity contribution in [2.45, 2.75) is 25.3 Å². The SMILES string of the molecule is CS(=O)(=O)NC(=O)Cc1[nH]c(=S)n2c1C[C@@H](c1c(F)ccc(Br)c1F)C2. The number of halogens is 3. The van der Waals surface area contributed by atoms with Crippen LogP contribution in [0.1, 0.15) is 22.9 Å². The Morgan fingerprint density at radius 2 is 2.15 bits per heavy atom. The lowest BCUT2D eigenvalue weighted by molar-refractivity contribution is -0.118. The maximum atomic E-state index is 14.4. The summed E-state index contributed by atoms with van der Waals surface area (Å²) in [4.78, 5) is 14.7. The third-order valence-corrected chi connectivity index (χ3v) is 5.68. The number of nitrogens with zero attached hydrogens (tertiary/aromatic N) is 1. The van der Waals surface area contributed by atoms with Crippen LogP contribution in [0.2, 0.25) is 0 Å². The Kier molecular flexibility index (Phi) is 5.06. The summed E-state index contributed by atoms with van der Waals surface area (Å²) < 4.78 is 54.9. The van der Waals surface area contributed by atoms with Gasteiger partial charge in [-0.25, -0.2) is 17.2 Å². The van der Waals surface area contributed by atoms with Gasteiger partial charge in [0.25, 0.3) is 0 Å². The van der Waals surface area contributed by atoms with Crippen LogP contribution in [0.3, 0.4) is 0 Å². The number of fused-ring (bicyclic) bond motifs is 1. The highest BCUT2D eigenvalue weighted by molar-refractivity contribution is 9.10. The van der Waals surface area contributed by atoms with Crippen molar-refractivity contribution in [2.24, 2.45) is 0 Å². The molecule has 2 N–H and O–H groups in total. The lowest BCUT2D eigenvalue weighted by Gasteiger charge is -2.13. The van der Waals surface area contributed by atoms with E-state index in [0.29, 0.717) is 16.2 Å². The summed E-state index contributed by atoms with van der Waals surface area (Å²) in [6, 6.07) is 2.49. The van der Waals surface area contributed by atoms with Crippen molar-refractivity contribution in [1.82, 2.24) is 14.3 Å². The van der Waals surface area contributed by atoms with Gasteiger partial charge in [-0.15, -0.1) is 0 Å². The summed E-state index contributed by atoms with van der Waals surface area (Å²) in [6.45, 7) is 0.267. The van der Waals surface area contributed by atoms with Gasteiger partial charge in [0.1, 0.15) is 11.6 Å². The molecular weight excluding hydrogens is 452 g/mol. The second-order valence-corrected chi connectivity index (χ2v) is 9.09. The molecule has 0 radical (unpaired) electrons. The highest BCUT2D eigenvalue weighted by atomic mass is 79.9. The lowest BCUT2D eigenvalue weighted by atomic mass is 9.95. The number of aromatic nitrogens is 2. The van der Waals surface area contributed by atoms with E-state index in [-0.39, 0.29) is 29.4 Å². The summed E-state index contributed by atoms with van der Waals surface area (Å²) in [5, 5.41) is 0. The summed E-state index contributed by atoms with van der Waals surface area (Å²) in [6.07, 6.45) is 0.931. The Labute approximate surface area is 161 Å². The van der Waals surface area contributed by atoms with E-state index in [4.69, 9.17) is 12.2 Å². The molecule has 1 aromatic heterocycles. The topological polar surface area (TPSA) is 84.0 Å². The van der Waals surface area contributed by atoms with Gasteiger partial charge in [0.15, 0.2) is 4.77 Å². The molecule has 1 aromatic carbocycles. The van der Waals surface area contributed by atoms with Gasteiger partial charge < -0.3 is 9.55 Å². The summed E-state index contributed by atoms with van der Waals surface area (Å²) in [5.74, 6) is -2.49. The Morgan fingerprint density at radius 3 is 2.81 bits per heavy atom. The van der Waals surface area contributed by atoms with Crippen molar-refractivity contribution in [3.63, 3.8) is 0 Å². The number of hydrogen-bond donors (Lipinski definition) is 2. The lowest BCUT2D eigenvalue weighted by Crippen LogP contribution is -2.31. The number of H-pyrrole nitrogens is 1. The largest absolute Gasteiger partial charge is 0.334 e. The van der Waals surface area contributed by atoms with Crippen molar-refractivity contribution >= 4 is 44.1 Å². The average molecular weight is 466 g/mol. The number of aromatic amines is 1. The van der Waals surface area contributed by atoms with Crippen molar-refractivity contribution in [3.8, 4) is 0 Å².